The molecule has 16 heavy (non-hydrogen) atoms. The minimum Gasteiger partial charge on any atom is -0.326 e. The molecule has 0 spiro atoms. The van der Waals surface area contributed by atoms with Crippen LogP contribution in [0.4, 0.5) is 0 Å². The molecule has 2 aliphatic carbocycles. The molecule has 0 heterocycles. The van der Waals surface area contributed by atoms with Gasteiger partial charge < -0.3 is 10.6 Å². The van der Waals surface area contributed by atoms with Crippen LogP contribution in [0.25, 0.3) is 0 Å². The lowest BCUT2D eigenvalue weighted by molar-refractivity contribution is 0.208. The molecule has 2 saturated carbocycles. The number of rotatable bonds is 5. The number of hydrogen-bond donors (Lipinski definition) is 1. The second-order valence-corrected chi connectivity index (χ2v) is 6.94. The fourth-order valence-corrected chi connectivity index (χ4v) is 3.57. The fraction of sp³-hybridized carbons (Fsp3) is 1.00. The third-order valence-corrected chi connectivity index (χ3v) is 4.57. The zero-order valence-electron chi connectivity index (χ0n) is 11.2. The summed E-state index contributed by atoms with van der Waals surface area (Å²) in [6, 6.07) is 0. The molecule has 2 fully saturated rings. The lowest BCUT2D eigenvalue weighted by Gasteiger charge is -2.29. The zero-order chi connectivity index (χ0) is 11.8. The predicted molar refractivity (Wildman–Crippen MR) is 69.3 cm³/mol. The van der Waals surface area contributed by atoms with Crippen LogP contribution in [-0.4, -0.2) is 30.6 Å². The minimum absolute atomic E-state index is 0.0110. The Balaban J connectivity index is 1.69. The molecule has 0 aromatic heterocycles. The molecule has 0 aromatic rings. The molecule has 2 N–H and O–H groups in total. The topological polar surface area (TPSA) is 29.3 Å². The van der Waals surface area contributed by atoms with Gasteiger partial charge in [-0.3, -0.25) is 0 Å². The molecule has 94 valence electrons. The summed E-state index contributed by atoms with van der Waals surface area (Å²) in [5.41, 5.74) is 6.01. The Kier molecular flexibility index (Phi) is 3.60. The number of nitrogens with two attached hydrogens (primary N) is 1. The summed E-state index contributed by atoms with van der Waals surface area (Å²) < 4.78 is 0. The van der Waals surface area contributed by atoms with Crippen molar-refractivity contribution in [3.63, 3.8) is 0 Å². The van der Waals surface area contributed by atoms with E-state index in [1.807, 2.05) is 0 Å². The van der Waals surface area contributed by atoms with Crippen molar-refractivity contribution < 1.29 is 0 Å². The highest BCUT2D eigenvalue weighted by atomic mass is 15.1. The van der Waals surface area contributed by atoms with E-state index in [1.54, 1.807) is 0 Å². The van der Waals surface area contributed by atoms with Crippen LogP contribution >= 0.6 is 0 Å². The largest absolute Gasteiger partial charge is 0.326 e. The van der Waals surface area contributed by atoms with Crippen molar-refractivity contribution in [3.8, 4) is 0 Å². The molecular formula is C14H28N2. The first kappa shape index (κ1) is 12.4. The summed E-state index contributed by atoms with van der Waals surface area (Å²) in [6.45, 7) is 6.70. The highest BCUT2D eigenvalue weighted by Crippen LogP contribution is 2.48. The zero-order valence-corrected chi connectivity index (χ0v) is 11.2. The van der Waals surface area contributed by atoms with Gasteiger partial charge in [-0.15, -0.1) is 0 Å². The lowest BCUT2D eigenvalue weighted by atomic mass is 9.88. The maximum Gasteiger partial charge on any atom is 0.0109 e. The summed E-state index contributed by atoms with van der Waals surface area (Å²) in [7, 11) is 2.26. The molecule has 2 rings (SSSR count). The Labute approximate surface area is 101 Å². The lowest BCUT2D eigenvalue weighted by Crippen LogP contribution is -2.38. The Morgan fingerprint density at radius 1 is 1.25 bits per heavy atom. The number of fused-ring (bicyclic) bond motifs is 2. The van der Waals surface area contributed by atoms with E-state index in [4.69, 9.17) is 5.73 Å². The molecule has 2 aliphatic rings. The molecule has 3 atom stereocenters. The normalized spacial score (nSPS) is 33.9. The summed E-state index contributed by atoms with van der Waals surface area (Å²) in [5, 5.41) is 0. The number of hydrogen-bond acceptors (Lipinski definition) is 2. The molecule has 0 amide bonds. The summed E-state index contributed by atoms with van der Waals surface area (Å²) in [5.74, 6) is 3.12. The van der Waals surface area contributed by atoms with Crippen LogP contribution in [0.15, 0.2) is 0 Å². The molecule has 2 heteroatoms. The van der Waals surface area contributed by atoms with E-state index in [9.17, 15) is 0 Å². The Morgan fingerprint density at radius 3 is 2.50 bits per heavy atom. The molecular weight excluding hydrogens is 196 g/mol. The smallest absolute Gasteiger partial charge is 0.0109 e. The van der Waals surface area contributed by atoms with Gasteiger partial charge >= 0.3 is 0 Å². The predicted octanol–water partition coefficient (Wildman–Crippen LogP) is 2.48. The molecule has 0 aliphatic heterocycles. The van der Waals surface area contributed by atoms with Gasteiger partial charge in [0.25, 0.3) is 0 Å². The van der Waals surface area contributed by atoms with Crippen molar-refractivity contribution in [3.05, 3.63) is 0 Å². The van der Waals surface area contributed by atoms with Gasteiger partial charge in [0.05, 0.1) is 0 Å². The van der Waals surface area contributed by atoms with Gasteiger partial charge in [-0.2, -0.15) is 0 Å². The summed E-state index contributed by atoms with van der Waals surface area (Å²) >= 11 is 0. The maximum atomic E-state index is 6.03. The van der Waals surface area contributed by atoms with Crippen LogP contribution in [0, 0.1) is 17.8 Å². The van der Waals surface area contributed by atoms with Gasteiger partial charge in [-0.25, -0.2) is 0 Å². The van der Waals surface area contributed by atoms with Crippen LogP contribution in [0.5, 0.6) is 0 Å². The summed E-state index contributed by atoms with van der Waals surface area (Å²) in [6.07, 6.45) is 7.15. The first-order valence-corrected chi connectivity index (χ1v) is 6.91. The van der Waals surface area contributed by atoms with E-state index in [-0.39, 0.29) is 5.54 Å². The van der Waals surface area contributed by atoms with Gasteiger partial charge in [0.1, 0.15) is 0 Å². The van der Waals surface area contributed by atoms with Crippen molar-refractivity contribution in [2.24, 2.45) is 23.5 Å². The van der Waals surface area contributed by atoms with E-state index in [1.165, 1.54) is 32.2 Å². The Morgan fingerprint density at radius 2 is 2.00 bits per heavy atom. The van der Waals surface area contributed by atoms with Crippen molar-refractivity contribution in [2.75, 3.05) is 20.1 Å². The molecule has 0 saturated heterocycles. The van der Waals surface area contributed by atoms with E-state index < -0.39 is 0 Å². The van der Waals surface area contributed by atoms with E-state index in [2.05, 4.69) is 25.8 Å². The molecule has 0 aromatic carbocycles. The first-order chi connectivity index (χ1) is 7.44. The quantitative estimate of drug-likeness (QED) is 0.777. The third kappa shape index (κ3) is 3.21. The SMILES string of the molecule is CN(CCC(C)(C)N)CC1CC2CCC1C2. The van der Waals surface area contributed by atoms with Crippen molar-refractivity contribution in [1.29, 1.82) is 0 Å². The molecule has 3 unspecified atom stereocenters. The first-order valence-electron chi connectivity index (χ1n) is 6.91. The average Bonchev–Trinajstić information content (AvgIpc) is 2.75. The van der Waals surface area contributed by atoms with Crippen LogP contribution in [-0.2, 0) is 0 Å². The van der Waals surface area contributed by atoms with Crippen LogP contribution < -0.4 is 5.73 Å². The van der Waals surface area contributed by atoms with Gasteiger partial charge in [0, 0.05) is 12.1 Å². The number of nitrogens with zero attached hydrogens (tertiary/aromatic N) is 1. The monoisotopic (exact) mass is 224 g/mol. The second-order valence-electron chi connectivity index (χ2n) is 6.94. The molecule has 2 nitrogen and oxygen atoms in total. The van der Waals surface area contributed by atoms with Gasteiger partial charge in [0.15, 0.2) is 0 Å². The minimum atomic E-state index is -0.0110. The van der Waals surface area contributed by atoms with Crippen molar-refractivity contribution in [2.45, 2.75) is 51.5 Å². The van der Waals surface area contributed by atoms with Crippen LogP contribution in [0.1, 0.15) is 46.0 Å². The van der Waals surface area contributed by atoms with Crippen LogP contribution in [0.2, 0.25) is 0 Å². The summed E-state index contributed by atoms with van der Waals surface area (Å²) in [4.78, 5) is 2.50. The highest BCUT2D eigenvalue weighted by molar-refractivity contribution is 4.91. The standard InChI is InChI=1S/C14H28N2/c1-14(2,15)6-7-16(3)10-13-9-11-4-5-12(13)8-11/h11-13H,4-10,15H2,1-3H3. The average molecular weight is 224 g/mol. The van der Waals surface area contributed by atoms with Gasteiger partial charge in [0.2, 0.25) is 0 Å². The molecule has 2 bridgehead atoms. The van der Waals surface area contributed by atoms with Crippen molar-refractivity contribution >= 4 is 0 Å². The molecule has 0 radical (unpaired) electrons. The highest BCUT2D eigenvalue weighted by Gasteiger charge is 2.39. The maximum absolute atomic E-state index is 6.03. The second kappa shape index (κ2) is 4.66. The van der Waals surface area contributed by atoms with E-state index >= 15 is 0 Å². The van der Waals surface area contributed by atoms with E-state index in [0.717, 1.165) is 30.7 Å². The fourth-order valence-electron chi connectivity index (χ4n) is 3.57. The third-order valence-electron chi connectivity index (χ3n) is 4.57. The van der Waals surface area contributed by atoms with Gasteiger partial charge in [-0.1, -0.05) is 6.42 Å². The van der Waals surface area contributed by atoms with Crippen molar-refractivity contribution in [1.82, 2.24) is 4.90 Å². The van der Waals surface area contributed by atoms with Gasteiger partial charge in [-0.05, 0) is 70.9 Å². The Hall–Kier alpha value is -0.0800. The van der Waals surface area contributed by atoms with Crippen LogP contribution in [0.3, 0.4) is 0 Å². The Bertz CT molecular complexity index is 231. The van der Waals surface area contributed by atoms with E-state index in [0.29, 0.717) is 0 Å².